The molecule has 14 heavy (non-hydrogen) atoms. The van der Waals surface area contributed by atoms with Gasteiger partial charge in [0.2, 0.25) is 0 Å². The maximum absolute atomic E-state index is 10.3. The van der Waals surface area contributed by atoms with Crippen LogP contribution in [0.25, 0.3) is 0 Å². The summed E-state index contributed by atoms with van der Waals surface area (Å²) in [4.78, 5) is 12.7. The van der Waals surface area contributed by atoms with Gasteiger partial charge < -0.3 is 10.0 Å². The van der Waals surface area contributed by atoms with Crippen LogP contribution >= 0.6 is 0 Å². The second-order valence-corrected chi connectivity index (χ2v) is 4.27. The van der Waals surface area contributed by atoms with Crippen LogP contribution in [0.15, 0.2) is 0 Å². The molecular weight excluding hydrogens is 178 g/mol. The van der Waals surface area contributed by atoms with Crippen LogP contribution in [0.1, 0.15) is 44.9 Å². The summed E-state index contributed by atoms with van der Waals surface area (Å²) < 4.78 is 0. The molecule has 0 unspecified atom stereocenters. The van der Waals surface area contributed by atoms with Crippen LogP contribution in [0.3, 0.4) is 0 Å². The van der Waals surface area contributed by atoms with E-state index in [9.17, 15) is 4.79 Å². The number of hydrogen-bond donors (Lipinski definition) is 1. The van der Waals surface area contributed by atoms with E-state index in [0.29, 0.717) is 6.42 Å². The van der Waals surface area contributed by atoms with Gasteiger partial charge in [-0.05, 0) is 39.3 Å². The zero-order valence-corrected chi connectivity index (χ0v) is 9.04. The summed E-state index contributed by atoms with van der Waals surface area (Å²) in [6.07, 6.45) is 7.53. The molecule has 3 heteroatoms. The van der Waals surface area contributed by atoms with Gasteiger partial charge in [0.05, 0.1) is 0 Å². The summed E-state index contributed by atoms with van der Waals surface area (Å²) in [5.41, 5.74) is 0. The van der Waals surface area contributed by atoms with Crippen LogP contribution in [-0.2, 0) is 4.79 Å². The summed E-state index contributed by atoms with van der Waals surface area (Å²) in [6, 6.07) is 0.764. The highest BCUT2D eigenvalue weighted by atomic mass is 16.4. The molecule has 1 aliphatic rings. The lowest BCUT2D eigenvalue weighted by atomic mass is 10.2. The number of aliphatic carboxylic acids is 1. The van der Waals surface area contributed by atoms with Crippen molar-refractivity contribution >= 4 is 5.97 Å². The van der Waals surface area contributed by atoms with Gasteiger partial charge in [-0.25, -0.2) is 0 Å². The first-order valence-corrected chi connectivity index (χ1v) is 5.62. The summed E-state index contributed by atoms with van der Waals surface area (Å²) >= 11 is 0. The molecule has 0 aromatic heterocycles. The van der Waals surface area contributed by atoms with Crippen LogP contribution in [0.5, 0.6) is 0 Å². The minimum atomic E-state index is -0.673. The van der Waals surface area contributed by atoms with Crippen molar-refractivity contribution in [2.24, 2.45) is 0 Å². The normalized spacial score (nSPS) is 17.9. The van der Waals surface area contributed by atoms with Crippen molar-refractivity contribution in [3.05, 3.63) is 0 Å². The first kappa shape index (κ1) is 11.5. The molecule has 1 N–H and O–H groups in total. The average molecular weight is 199 g/mol. The van der Waals surface area contributed by atoms with E-state index in [2.05, 4.69) is 11.9 Å². The number of carboxylic acids is 1. The minimum absolute atomic E-state index is 0.318. The van der Waals surface area contributed by atoms with Crippen molar-refractivity contribution in [1.82, 2.24) is 4.90 Å². The number of nitrogens with zero attached hydrogens (tertiary/aromatic N) is 1. The molecule has 82 valence electrons. The Labute approximate surface area is 86.1 Å². The van der Waals surface area contributed by atoms with Gasteiger partial charge in [0, 0.05) is 12.5 Å². The average Bonchev–Trinajstić information content (AvgIpc) is 2.64. The van der Waals surface area contributed by atoms with E-state index in [1.165, 1.54) is 25.7 Å². The van der Waals surface area contributed by atoms with Crippen LogP contribution in [0, 0.1) is 0 Å². The van der Waals surface area contributed by atoms with Gasteiger partial charge in [0.25, 0.3) is 0 Å². The standard InChI is InChI=1S/C11H21NO2/c1-12(10-6-2-3-7-10)9-5-4-8-11(13)14/h10H,2-9H2,1H3,(H,13,14). The molecule has 1 aliphatic carbocycles. The molecule has 3 nitrogen and oxygen atoms in total. The third-order valence-electron chi connectivity index (χ3n) is 3.10. The monoisotopic (exact) mass is 199 g/mol. The Morgan fingerprint density at radius 1 is 1.36 bits per heavy atom. The SMILES string of the molecule is CN(CCCCC(=O)O)C1CCCC1. The first-order chi connectivity index (χ1) is 6.70. The van der Waals surface area contributed by atoms with Crippen molar-refractivity contribution in [2.75, 3.05) is 13.6 Å². The molecule has 0 heterocycles. The summed E-state index contributed by atoms with van der Waals surface area (Å²) in [5.74, 6) is -0.673. The minimum Gasteiger partial charge on any atom is -0.481 e. The van der Waals surface area contributed by atoms with Gasteiger partial charge in [0.1, 0.15) is 0 Å². The largest absolute Gasteiger partial charge is 0.481 e. The number of carbonyl (C=O) groups is 1. The van der Waals surface area contributed by atoms with E-state index in [0.717, 1.165) is 25.4 Å². The van der Waals surface area contributed by atoms with E-state index in [1.807, 2.05) is 0 Å². The van der Waals surface area contributed by atoms with Crippen LogP contribution in [0.2, 0.25) is 0 Å². The smallest absolute Gasteiger partial charge is 0.303 e. The highest BCUT2D eigenvalue weighted by Crippen LogP contribution is 2.22. The molecule has 1 rings (SSSR count). The van der Waals surface area contributed by atoms with E-state index in [4.69, 9.17) is 5.11 Å². The maximum Gasteiger partial charge on any atom is 0.303 e. The van der Waals surface area contributed by atoms with Crippen LogP contribution in [-0.4, -0.2) is 35.6 Å². The molecule has 0 aromatic carbocycles. The fourth-order valence-electron chi connectivity index (χ4n) is 2.17. The fraction of sp³-hybridized carbons (Fsp3) is 0.909. The Morgan fingerprint density at radius 3 is 2.57 bits per heavy atom. The highest BCUT2D eigenvalue weighted by Gasteiger charge is 2.18. The summed E-state index contributed by atoms with van der Waals surface area (Å²) in [5, 5.41) is 8.48. The zero-order valence-electron chi connectivity index (χ0n) is 9.04. The molecule has 0 amide bonds. The highest BCUT2D eigenvalue weighted by molar-refractivity contribution is 5.66. The maximum atomic E-state index is 10.3. The topological polar surface area (TPSA) is 40.5 Å². The second kappa shape index (κ2) is 6.02. The molecule has 0 radical (unpaired) electrons. The van der Waals surface area contributed by atoms with Gasteiger partial charge in [0.15, 0.2) is 0 Å². The Hall–Kier alpha value is -0.570. The molecule has 1 saturated carbocycles. The van der Waals surface area contributed by atoms with Crippen molar-refractivity contribution in [3.8, 4) is 0 Å². The first-order valence-electron chi connectivity index (χ1n) is 5.62. The molecule has 0 saturated heterocycles. The van der Waals surface area contributed by atoms with Gasteiger partial charge in [-0.3, -0.25) is 4.79 Å². The van der Waals surface area contributed by atoms with E-state index in [-0.39, 0.29) is 0 Å². The molecule has 0 spiro atoms. The van der Waals surface area contributed by atoms with Gasteiger partial charge in [-0.15, -0.1) is 0 Å². The van der Waals surface area contributed by atoms with Crippen molar-refractivity contribution in [2.45, 2.75) is 51.0 Å². The molecular formula is C11H21NO2. The third-order valence-corrected chi connectivity index (χ3v) is 3.10. The Morgan fingerprint density at radius 2 is 2.00 bits per heavy atom. The predicted molar refractivity (Wildman–Crippen MR) is 56.4 cm³/mol. The van der Waals surface area contributed by atoms with E-state index in [1.54, 1.807) is 0 Å². The number of hydrogen-bond acceptors (Lipinski definition) is 2. The van der Waals surface area contributed by atoms with Crippen LogP contribution < -0.4 is 0 Å². The van der Waals surface area contributed by atoms with Crippen molar-refractivity contribution < 1.29 is 9.90 Å². The van der Waals surface area contributed by atoms with Crippen molar-refractivity contribution in [1.29, 1.82) is 0 Å². The zero-order chi connectivity index (χ0) is 10.4. The molecule has 0 bridgehead atoms. The van der Waals surface area contributed by atoms with Gasteiger partial charge in [-0.1, -0.05) is 12.8 Å². The summed E-state index contributed by atoms with van der Waals surface area (Å²) in [6.45, 7) is 1.05. The van der Waals surface area contributed by atoms with Crippen LogP contribution in [0.4, 0.5) is 0 Å². The molecule has 0 atom stereocenters. The Balaban J connectivity index is 2.02. The lowest BCUT2D eigenvalue weighted by Crippen LogP contribution is -2.30. The van der Waals surface area contributed by atoms with Gasteiger partial charge in [-0.2, -0.15) is 0 Å². The lowest BCUT2D eigenvalue weighted by Gasteiger charge is -2.23. The Bertz CT molecular complexity index is 176. The number of rotatable bonds is 6. The van der Waals surface area contributed by atoms with E-state index < -0.39 is 5.97 Å². The Kier molecular flexibility index (Phi) is 4.94. The van der Waals surface area contributed by atoms with Gasteiger partial charge >= 0.3 is 5.97 Å². The number of unbranched alkanes of at least 4 members (excludes halogenated alkanes) is 1. The second-order valence-electron chi connectivity index (χ2n) is 4.27. The molecule has 1 fully saturated rings. The molecule has 0 aromatic rings. The fourth-order valence-corrected chi connectivity index (χ4v) is 2.17. The molecule has 0 aliphatic heterocycles. The quantitative estimate of drug-likeness (QED) is 0.666. The predicted octanol–water partition coefficient (Wildman–Crippen LogP) is 2.12. The van der Waals surface area contributed by atoms with Crippen molar-refractivity contribution in [3.63, 3.8) is 0 Å². The number of carboxylic acid groups (broad SMARTS) is 1. The summed E-state index contributed by atoms with van der Waals surface area (Å²) in [7, 11) is 2.16. The third kappa shape index (κ3) is 4.09. The lowest BCUT2D eigenvalue weighted by molar-refractivity contribution is -0.137. The van der Waals surface area contributed by atoms with E-state index >= 15 is 0 Å².